The maximum absolute atomic E-state index is 10.5. The van der Waals surface area contributed by atoms with Gasteiger partial charge in [-0.15, -0.1) is 0 Å². The van der Waals surface area contributed by atoms with Crippen LogP contribution in [-0.2, 0) is 4.79 Å². The van der Waals surface area contributed by atoms with E-state index in [2.05, 4.69) is 10.9 Å². The predicted molar refractivity (Wildman–Crippen MR) is 41.5 cm³/mol. The summed E-state index contributed by atoms with van der Waals surface area (Å²) >= 11 is 0. The molecule has 0 radical (unpaired) electrons. The van der Waals surface area contributed by atoms with Crippen molar-refractivity contribution in [2.24, 2.45) is 5.92 Å². The minimum atomic E-state index is 0.486. The van der Waals surface area contributed by atoms with Crippen LogP contribution in [0.25, 0.3) is 0 Å². The maximum Gasteiger partial charge on any atom is 0.151 e. The lowest BCUT2D eigenvalue weighted by Gasteiger charge is -2.12. The van der Waals surface area contributed by atoms with E-state index in [-0.39, 0.29) is 0 Å². The monoisotopic (exact) mass is 150 g/mol. The summed E-state index contributed by atoms with van der Waals surface area (Å²) < 4.78 is 0. The molecular weight excluding hydrogens is 140 g/mol. The van der Waals surface area contributed by atoms with E-state index >= 15 is 0 Å². The summed E-state index contributed by atoms with van der Waals surface area (Å²) in [5.74, 6) is 0.486. The van der Waals surface area contributed by atoms with Gasteiger partial charge in [-0.3, -0.25) is 4.79 Å². The van der Waals surface area contributed by atoms with Crippen molar-refractivity contribution >= 4 is 6.29 Å². The molecule has 1 heterocycles. The number of carbonyl (C=O) groups excluding carboxylic acids is 1. The zero-order valence-corrected chi connectivity index (χ0v) is 6.13. The van der Waals surface area contributed by atoms with Crippen LogP contribution in [0.1, 0.15) is 6.42 Å². The summed E-state index contributed by atoms with van der Waals surface area (Å²) in [6.07, 6.45) is 5.86. The molecular formula is C8H10N2O. The van der Waals surface area contributed by atoms with Gasteiger partial charge in [0.25, 0.3) is 0 Å². The zero-order valence-electron chi connectivity index (χ0n) is 6.13. The standard InChI is InChI=1S/C8H10N2O/c11-5-7-3-1-2-6-4-9-10-8(6)7/h1,3,5-6,9-10H,2,4H2. The van der Waals surface area contributed by atoms with Crippen molar-refractivity contribution in [1.82, 2.24) is 10.9 Å². The predicted octanol–water partition coefficient (Wildman–Crippen LogP) is 0.123. The lowest BCUT2D eigenvalue weighted by Crippen LogP contribution is -2.21. The molecule has 2 rings (SSSR count). The van der Waals surface area contributed by atoms with Crippen LogP contribution in [0.3, 0.4) is 0 Å². The number of rotatable bonds is 1. The van der Waals surface area contributed by atoms with Gasteiger partial charge in [0.2, 0.25) is 0 Å². The number of carbonyl (C=O) groups is 1. The van der Waals surface area contributed by atoms with Gasteiger partial charge in [0.1, 0.15) is 0 Å². The molecule has 3 nitrogen and oxygen atoms in total. The molecule has 0 saturated carbocycles. The first-order chi connectivity index (χ1) is 5.42. The fraction of sp³-hybridized carbons (Fsp3) is 0.375. The van der Waals surface area contributed by atoms with Crippen molar-refractivity contribution in [2.75, 3.05) is 6.54 Å². The quantitative estimate of drug-likeness (QED) is 0.522. The van der Waals surface area contributed by atoms with Crippen LogP contribution in [0.15, 0.2) is 23.4 Å². The van der Waals surface area contributed by atoms with Crippen LogP contribution in [-0.4, -0.2) is 12.8 Å². The Kier molecular flexibility index (Phi) is 1.51. The number of fused-ring (bicyclic) bond motifs is 1. The van der Waals surface area contributed by atoms with Gasteiger partial charge in [-0.2, -0.15) is 0 Å². The molecule has 2 aliphatic rings. The summed E-state index contributed by atoms with van der Waals surface area (Å²) in [5, 5.41) is 0. The third-order valence-electron chi connectivity index (χ3n) is 2.14. The van der Waals surface area contributed by atoms with Crippen molar-refractivity contribution in [2.45, 2.75) is 6.42 Å². The highest BCUT2D eigenvalue weighted by Gasteiger charge is 2.23. The maximum atomic E-state index is 10.5. The van der Waals surface area contributed by atoms with Crippen LogP contribution < -0.4 is 10.9 Å². The summed E-state index contributed by atoms with van der Waals surface area (Å²) in [7, 11) is 0. The first kappa shape index (κ1) is 6.61. The van der Waals surface area contributed by atoms with E-state index in [0.717, 1.165) is 30.5 Å². The first-order valence-corrected chi connectivity index (χ1v) is 3.76. The van der Waals surface area contributed by atoms with Crippen LogP contribution in [0.5, 0.6) is 0 Å². The summed E-state index contributed by atoms with van der Waals surface area (Å²) in [4.78, 5) is 10.5. The molecule has 2 N–H and O–H groups in total. The number of nitrogens with one attached hydrogen (secondary N) is 2. The Labute approximate surface area is 65.1 Å². The highest BCUT2D eigenvalue weighted by molar-refractivity contribution is 5.79. The third-order valence-corrected chi connectivity index (χ3v) is 2.14. The number of hydrogen-bond donors (Lipinski definition) is 2. The van der Waals surface area contributed by atoms with Gasteiger partial charge in [0, 0.05) is 23.7 Å². The summed E-state index contributed by atoms with van der Waals surface area (Å²) in [5.41, 5.74) is 7.87. The number of hydrogen-bond acceptors (Lipinski definition) is 3. The topological polar surface area (TPSA) is 41.1 Å². The lowest BCUT2D eigenvalue weighted by atomic mass is 9.94. The van der Waals surface area contributed by atoms with Crippen molar-refractivity contribution < 1.29 is 4.79 Å². The van der Waals surface area contributed by atoms with Gasteiger partial charge in [-0.05, 0) is 6.42 Å². The molecule has 3 heteroatoms. The highest BCUT2D eigenvalue weighted by atomic mass is 16.1. The molecule has 1 atom stereocenters. The Morgan fingerprint density at radius 1 is 1.64 bits per heavy atom. The number of allylic oxidation sites excluding steroid dienone is 3. The smallest absolute Gasteiger partial charge is 0.151 e. The van der Waals surface area contributed by atoms with Crippen LogP contribution in [0.4, 0.5) is 0 Å². The minimum Gasteiger partial charge on any atom is -0.325 e. The van der Waals surface area contributed by atoms with Gasteiger partial charge < -0.3 is 5.43 Å². The molecule has 0 amide bonds. The second-order valence-electron chi connectivity index (χ2n) is 2.83. The Hall–Kier alpha value is -1.09. The van der Waals surface area contributed by atoms with Crippen molar-refractivity contribution in [3.05, 3.63) is 23.4 Å². The molecule has 1 aliphatic heterocycles. The van der Waals surface area contributed by atoms with Crippen LogP contribution in [0, 0.1) is 5.92 Å². The third kappa shape index (κ3) is 0.973. The minimum absolute atomic E-state index is 0.486. The molecule has 1 unspecified atom stereocenters. The van der Waals surface area contributed by atoms with Gasteiger partial charge in [0.15, 0.2) is 6.29 Å². The van der Waals surface area contributed by atoms with E-state index in [1.165, 1.54) is 0 Å². The van der Waals surface area contributed by atoms with Gasteiger partial charge >= 0.3 is 0 Å². The van der Waals surface area contributed by atoms with E-state index < -0.39 is 0 Å². The van der Waals surface area contributed by atoms with Crippen molar-refractivity contribution in [3.63, 3.8) is 0 Å². The normalized spacial score (nSPS) is 28.2. The van der Waals surface area contributed by atoms with Crippen molar-refractivity contribution in [3.8, 4) is 0 Å². The molecule has 0 spiro atoms. The fourth-order valence-corrected chi connectivity index (χ4v) is 1.53. The molecule has 0 aromatic heterocycles. The molecule has 0 aromatic carbocycles. The largest absolute Gasteiger partial charge is 0.325 e. The molecule has 1 saturated heterocycles. The van der Waals surface area contributed by atoms with E-state index in [1.54, 1.807) is 0 Å². The molecule has 11 heavy (non-hydrogen) atoms. The molecule has 58 valence electrons. The Balaban J connectivity index is 2.36. The molecule has 1 fully saturated rings. The summed E-state index contributed by atoms with van der Waals surface area (Å²) in [6.45, 7) is 0.928. The average molecular weight is 150 g/mol. The number of hydrazine groups is 1. The van der Waals surface area contributed by atoms with E-state index in [9.17, 15) is 4.79 Å². The zero-order chi connectivity index (χ0) is 7.68. The molecule has 1 aliphatic carbocycles. The van der Waals surface area contributed by atoms with E-state index in [0.29, 0.717) is 5.92 Å². The lowest BCUT2D eigenvalue weighted by molar-refractivity contribution is -0.104. The Morgan fingerprint density at radius 3 is 3.36 bits per heavy atom. The molecule has 0 bridgehead atoms. The van der Waals surface area contributed by atoms with Crippen LogP contribution >= 0.6 is 0 Å². The summed E-state index contributed by atoms with van der Waals surface area (Å²) in [6, 6.07) is 0. The second-order valence-corrected chi connectivity index (χ2v) is 2.83. The van der Waals surface area contributed by atoms with Gasteiger partial charge in [-0.1, -0.05) is 12.2 Å². The van der Waals surface area contributed by atoms with Gasteiger partial charge in [-0.25, -0.2) is 5.43 Å². The highest BCUT2D eigenvalue weighted by Crippen LogP contribution is 2.23. The van der Waals surface area contributed by atoms with E-state index in [1.807, 2.05) is 12.2 Å². The average Bonchev–Trinajstić information content (AvgIpc) is 2.50. The number of aldehydes is 1. The fourth-order valence-electron chi connectivity index (χ4n) is 1.53. The van der Waals surface area contributed by atoms with E-state index in [4.69, 9.17) is 0 Å². The van der Waals surface area contributed by atoms with Crippen LogP contribution in [0.2, 0.25) is 0 Å². The SMILES string of the molecule is O=CC1=C2NNCC2CC=C1. The molecule has 0 aromatic rings. The van der Waals surface area contributed by atoms with Gasteiger partial charge in [0.05, 0.1) is 0 Å². The Morgan fingerprint density at radius 2 is 2.55 bits per heavy atom. The Bertz CT molecular complexity index is 242. The second kappa shape index (κ2) is 2.51. The van der Waals surface area contributed by atoms with Crippen molar-refractivity contribution in [1.29, 1.82) is 0 Å². The first-order valence-electron chi connectivity index (χ1n) is 3.76.